The van der Waals surface area contributed by atoms with E-state index in [-0.39, 0.29) is 11.4 Å². The van der Waals surface area contributed by atoms with Crippen molar-refractivity contribution in [3.05, 3.63) is 47.5 Å². The summed E-state index contributed by atoms with van der Waals surface area (Å²) in [7, 11) is 0.288. The van der Waals surface area contributed by atoms with E-state index in [0.29, 0.717) is 28.9 Å². The van der Waals surface area contributed by atoms with Crippen molar-refractivity contribution in [1.29, 1.82) is 0 Å². The van der Waals surface area contributed by atoms with Crippen LogP contribution in [0.3, 0.4) is 0 Å². The van der Waals surface area contributed by atoms with Crippen LogP contribution in [-0.4, -0.2) is 29.7 Å². The summed E-state index contributed by atoms with van der Waals surface area (Å²) in [5.74, 6) is -1.17. The molecule has 9 heteroatoms. The zero-order chi connectivity index (χ0) is 18.6. The molecule has 25 heavy (non-hydrogen) atoms. The minimum Gasteiger partial charge on any atom is -0.496 e. The van der Waals surface area contributed by atoms with Crippen LogP contribution in [0, 0.1) is 11.6 Å². The molecule has 0 amide bonds. The van der Waals surface area contributed by atoms with E-state index in [4.69, 9.17) is 14.2 Å². The van der Waals surface area contributed by atoms with Crippen molar-refractivity contribution in [2.24, 2.45) is 0 Å². The quantitative estimate of drug-likeness (QED) is 0.807. The number of methoxy groups -OCH3 is 3. The zero-order valence-corrected chi connectivity index (χ0v) is 14.6. The molecule has 136 valence electrons. The van der Waals surface area contributed by atoms with Gasteiger partial charge >= 0.3 is 0 Å². The maximum absolute atomic E-state index is 13.3. The molecule has 0 unspecified atom stereocenters. The number of hydrogen-bond acceptors (Lipinski definition) is 5. The number of nitrogens with one attached hydrogen (secondary N) is 1. The normalized spacial score (nSPS) is 11.2. The molecule has 0 aliphatic rings. The van der Waals surface area contributed by atoms with E-state index in [1.807, 2.05) is 0 Å². The van der Waals surface area contributed by atoms with Crippen LogP contribution >= 0.6 is 0 Å². The van der Waals surface area contributed by atoms with E-state index in [1.54, 1.807) is 12.1 Å². The van der Waals surface area contributed by atoms with Gasteiger partial charge in [0, 0.05) is 18.2 Å². The van der Waals surface area contributed by atoms with Crippen molar-refractivity contribution < 1.29 is 31.4 Å². The van der Waals surface area contributed by atoms with Crippen molar-refractivity contribution in [1.82, 2.24) is 4.72 Å². The van der Waals surface area contributed by atoms with Gasteiger partial charge in [0.05, 0.1) is 26.2 Å². The number of halogens is 2. The average molecular weight is 373 g/mol. The molecular weight excluding hydrogens is 356 g/mol. The molecular formula is C16H17F2NO5S. The first kappa shape index (κ1) is 18.9. The van der Waals surface area contributed by atoms with E-state index in [1.165, 1.54) is 21.3 Å². The molecule has 0 aliphatic carbocycles. The van der Waals surface area contributed by atoms with Gasteiger partial charge in [-0.3, -0.25) is 0 Å². The average Bonchev–Trinajstić information content (AvgIpc) is 2.61. The summed E-state index contributed by atoms with van der Waals surface area (Å²) < 4.78 is 68.6. The van der Waals surface area contributed by atoms with Crippen LogP contribution in [0.25, 0.3) is 0 Å². The first-order valence-electron chi connectivity index (χ1n) is 7.06. The zero-order valence-electron chi connectivity index (χ0n) is 13.8. The van der Waals surface area contributed by atoms with Gasteiger partial charge in [0.1, 0.15) is 5.75 Å². The topological polar surface area (TPSA) is 73.9 Å². The molecule has 0 saturated heterocycles. The molecule has 0 atom stereocenters. The van der Waals surface area contributed by atoms with Gasteiger partial charge in [-0.25, -0.2) is 21.9 Å². The van der Waals surface area contributed by atoms with Crippen molar-refractivity contribution in [2.45, 2.75) is 11.4 Å². The maximum Gasteiger partial charge on any atom is 0.240 e. The van der Waals surface area contributed by atoms with Gasteiger partial charge in [0.25, 0.3) is 0 Å². The number of ether oxygens (including phenoxy) is 3. The largest absolute Gasteiger partial charge is 0.496 e. The number of sulfonamides is 1. The fourth-order valence-electron chi connectivity index (χ4n) is 2.13. The third kappa shape index (κ3) is 4.18. The molecule has 0 heterocycles. The van der Waals surface area contributed by atoms with E-state index in [9.17, 15) is 17.2 Å². The fourth-order valence-corrected chi connectivity index (χ4v) is 3.15. The Morgan fingerprint density at radius 3 is 2.04 bits per heavy atom. The van der Waals surface area contributed by atoms with Crippen molar-refractivity contribution in [3.8, 4) is 17.2 Å². The second kappa shape index (κ2) is 7.66. The Bertz CT molecular complexity index is 871. The third-order valence-corrected chi connectivity index (χ3v) is 4.84. The SMILES string of the molecule is COc1cc(OC)c(OC)cc1CNS(=O)(=O)c1ccc(F)c(F)c1. The third-order valence-electron chi connectivity index (χ3n) is 3.44. The van der Waals surface area contributed by atoms with Crippen LogP contribution in [-0.2, 0) is 16.6 Å². The lowest BCUT2D eigenvalue weighted by molar-refractivity contribution is 0.347. The Balaban J connectivity index is 2.29. The standard InChI is InChI=1S/C16H17F2NO5S/c1-22-14-8-16(24-3)15(23-2)6-10(14)9-19-25(20,21)11-4-5-12(17)13(18)7-11/h4-8,19H,9H2,1-3H3. The molecule has 1 N–H and O–H groups in total. The Morgan fingerprint density at radius 2 is 1.48 bits per heavy atom. The lowest BCUT2D eigenvalue weighted by Gasteiger charge is -2.14. The molecule has 6 nitrogen and oxygen atoms in total. The smallest absolute Gasteiger partial charge is 0.240 e. The van der Waals surface area contributed by atoms with E-state index >= 15 is 0 Å². The number of hydrogen-bond donors (Lipinski definition) is 1. The Labute approximate surface area is 144 Å². The lowest BCUT2D eigenvalue weighted by atomic mass is 10.1. The van der Waals surface area contributed by atoms with Gasteiger partial charge in [-0.1, -0.05) is 0 Å². The summed E-state index contributed by atoms with van der Waals surface area (Å²) in [4.78, 5) is -0.383. The summed E-state index contributed by atoms with van der Waals surface area (Å²) in [6, 6.07) is 5.46. The van der Waals surface area contributed by atoms with Crippen molar-refractivity contribution in [3.63, 3.8) is 0 Å². The summed E-state index contributed by atoms with van der Waals surface area (Å²) >= 11 is 0. The van der Waals surface area contributed by atoms with Crippen molar-refractivity contribution >= 4 is 10.0 Å². The Kier molecular flexibility index (Phi) is 5.81. The molecule has 2 aromatic rings. The Hall–Kier alpha value is -2.39. The van der Waals surface area contributed by atoms with Gasteiger partial charge in [-0.15, -0.1) is 0 Å². The molecule has 0 fully saturated rings. The van der Waals surface area contributed by atoms with Gasteiger partial charge in [-0.05, 0) is 24.3 Å². The van der Waals surface area contributed by atoms with Gasteiger partial charge in [0.15, 0.2) is 23.1 Å². The van der Waals surface area contributed by atoms with Crippen molar-refractivity contribution in [2.75, 3.05) is 21.3 Å². The minimum absolute atomic E-state index is 0.148. The monoisotopic (exact) mass is 373 g/mol. The fraction of sp³-hybridized carbons (Fsp3) is 0.250. The van der Waals surface area contributed by atoms with Crippen LogP contribution in [0.4, 0.5) is 8.78 Å². The number of rotatable bonds is 7. The summed E-state index contributed by atoms with van der Waals surface area (Å²) in [6.45, 7) is -0.148. The van der Waals surface area contributed by atoms with Crippen LogP contribution < -0.4 is 18.9 Å². The lowest BCUT2D eigenvalue weighted by Crippen LogP contribution is -2.23. The van der Waals surface area contributed by atoms with E-state index in [0.717, 1.165) is 12.1 Å². The van der Waals surface area contributed by atoms with E-state index in [2.05, 4.69) is 4.72 Å². The second-order valence-electron chi connectivity index (χ2n) is 4.92. The number of benzene rings is 2. The summed E-state index contributed by atoms with van der Waals surface area (Å²) in [5.41, 5.74) is 0.478. The van der Waals surface area contributed by atoms with Crippen LogP contribution in [0.5, 0.6) is 17.2 Å². The highest BCUT2D eigenvalue weighted by molar-refractivity contribution is 7.89. The van der Waals surface area contributed by atoms with Crippen LogP contribution in [0.1, 0.15) is 5.56 Å². The maximum atomic E-state index is 13.3. The van der Waals surface area contributed by atoms with Gasteiger partial charge in [-0.2, -0.15) is 0 Å². The predicted molar refractivity (Wildman–Crippen MR) is 86.5 cm³/mol. The molecule has 2 aromatic carbocycles. The van der Waals surface area contributed by atoms with Crippen LogP contribution in [0.2, 0.25) is 0 Å². The highest BCUT2D eigenvalue weighted by atomic mass is 32.2. The van der Waals surface area contributed by atoms with E-state index < -0.39 is 21.7 Å². The highest BCUT2D eigenvalue weighted by Crippen LogP contribution is 2.34. The summed E-state index contributed by atoms with van der Waals surface area (Å²) in [6.07, 6.45) is 0. The van der Waals surface area contributed by atoms with Crippen LogP contribution in [0.15, 0.2) is 35.2 Å². The highest BCUT2D eigenvalue weighted by Gasteiger charge is 2.18. The summed E-state index contributed by atoms with van der Waals surface area (Å²) in [5, 5.41) is 0. The molecule has 0 aliphatic heterocycles. The molecule has 0 radical (unpaired) electrons. The minimum atomic E-state index is -4.04. The molecule has 0 spiro atoms. The molecule has 2 rings (SSSR count). The Morgan fingerprint density at radius 1 is 0.880 bits per heavy atom. The first-order valence-corrected chi connectivity index (χ1v) is 8.54. The predicted octanol–water partition coefficient (Wildman–Crippen LogP) is 2.47. The molecule has 0 aromatic heterocycles. The second-order valence-corrected chi connectivity index (χ2v) is 6.69. The van der Waals surface area contributed by atoms with Gasteiger partial charge in [0.2, 0.25) is 10.0 Å². The first-order chi connectivity index (χ1) is 11.8. The molecule has 0 bridgehead atoms. The van der Waals surface area contributed by atoms with Gasteiger partial charge < -0.3 is 14.2 Å². The molecule has 0 saturated carbocycles.